The van der Waals surface area contributed by atoms with Crippen molar-refractivity contribution in [2.75, 3.05) is 51.4 Å². The van der Waals surface area contributed by atoms with Gasteiger partial charge >= 0.3 is 0 Å². The number of halogens is 2. The van der Waals surface area contributed by atoms with Gasteiger partial charge in [-0.3, -0.25) is 14.7 Å². The third kappa shape index (κ3) is 22.9. The van der Waals surface area contributed by atoms with E-state index in [4.69, 9.17) is 23.2 Å². The molecule has 0 N–H and O–H groups in total. The highest BCUT2D eigenvalue weighted by atomic mass is 35.5. The molecule has 0 bridgehead atoms. The topological polar surface area (TPSA) is 39.7 Å². The number of carbonyl (C=O) groups is 1. The van der Waals surface area contributed by atoms with Gasteiger partial charge in [-0.25, -0.2) is 0 Å². The largest absolute Gasteiger partial charge is 0.378 e. The molecule has 0 aromatic carbocycles. The summed E-state index contributed by atoms with van der Waals surface area (Å²) in [7, 11) is 7.39. The van der Waals surface area contributed by atoms with E-state index in [0.29, 0.717) is 23.8 Å². The molecule has 0 unspecified atom stereocenters. The van der Waals surface area contributed by atoms with Crippen molar-refractivity contribution in [1.82, 2.24) is 14.8 Å². The van der Waals surface area contributed by atoms with Gasteiger partial charge in [0.2, 0.25) is 6.41 Å². The van der Waals surface area contributed by atoms with Crippen LogP contribution in [0.1, 0.15) is 34.6 Å². The summed E-state index contributed by atoms with van der Waals surface area (Å²) in [6, 6.07) is 5.32. The highest BCUT2D eigenvalue weighted by Crippen LogP contribution is 2.05. The predicted octanol–water partition coefficient (Wildman–Crippen LogP) is 4.44. The highest BCUT2D eigenvalue weighted by molar-refractivity contribution is 6.25. The van der Waals surface area contributed by atoms with Crippen LogP contribution in [0, 0.1) is 0 Å². The van der Waals surface area contributed by atoms with Crippen LogP contribution in [0.3, 0.4) is 0 Å². The molecule has 1 rings (SSSR count). The lowest BCUT2D eigenvalue weighted by molar-refractivity contribution is -0.115. The van der Waals surface area contributed by atoms with Crippen LogP contribution in [0.4, 0.5) is 5.69 Å². The van der Waals surface area contributed by atoms with Crippen molar-refractivity contribution >= 4 is 35.3 Å². The smallest absolute Gasteiger partial charge is 0.209 e. The SMILES string of the molecule is CCN(C(C)C)C(C)C.CN(C)C=O.CN(C)c1ccncc1.ClCCCl. The van der Waals surface area contributed by atoms with Crippen molar-refractivity contribution in [3.63, 3.8) is 0 Å². The molecule has 27 heavy (non-hydrogen) atoms. The number of amides is 1. The van der Waals surface area contributed by atoms with Crippen LogP contribution in [-0.2, 0) is 4.79 Å². The lowest BCUT2D eigenvalue weighted by Gasteiger charge is -2.28. The standard InChI is InChI=1S/C8H19N.C7H10N2.C3H7NO.C2H4Cl2/c1-6-9(7(2)3)8(4)5;1-9(2)7-3-5-8-6-4-7;1-4(2)3-5;3-1-2-4/h7-8H,6H2,1-5H3;3-6H,1-2H3;3H,1-2H3;1-2H2. The lowest BCUT2D eigenvalue weighted by Crippen LogP contribution is -2.36. The predicted molar refractivity (Wildman–Crippen MR) is 122 cm³/mol. The van der Waals surface area contributed by atoms with E-state index in [0.717, 1.165) is 13.0 Å². The molecular weight excluding hydrogens is 383 g/mol. The lowest BCUT2D eigenvalue weighted by atomic mass is 10.2. The second kappa shape index (κ2) is 21.3. The van der Waals surface area contributed by atoms with Gasteiger partial charge in [0.25, 0.3) is 0 Å². The minimum absolute atomic E-state index is 0.557. The fourth-order valence-electron chi connectivity index (χ4n) is 1.97. The zero-order valence-corrected chi connectivity index (χ0v) is 20.1. The average molecular weight is 423 g/mol. The Morgan fingerprint density at radius 1 is 0.963 bits per heavy atom. The number of hydrogen-bond donors (Lipinski definition) is 0. The summed E-state index contributed by atoms with van der Waals surface area (Å²) in [5.41, 5.74) is 1.19. The van der Waals surface area contributed by atoms with Gasteiger partial charge in [0.1, 0.15) is 0 Å². The van der Waals surface area contributed by atoms with E-state index in [1.165, 1.54) is 10.6 Å². The molecular formula is C20H40Cl2N4O. The van der Waals surface area contributed by atoms with Gasteiger partial charge in [0, 0.05) is 70.1 Å². The van der Waals surface area contributed by atoms with Crippen molar-refractivity contribution in [3.05, 3.63) is 24.5 Å². The molecule has 160 valence electrons. The number of nitrogens with zero attached hydrogens (tertiary/aromatic N) is 4. The molecule has 1 aromatic heterocycles. The Morgan fingerprint density at radius 3 is 1.44 bits per heavy atom. The van der Waals surface area contributed by atoms with Crippen LogP contribution in [-0.4, -0.2) is 79.8 Å². The molecule has 0 saturated heterocycles. The number of aromatic nitrogens is 1. The molecule has 1 aromatic rings. The Labute approximate surface area is 177 Å². The van der Waals surface area contributed by atoms with Crippen LogP contribution in [0.5, 0.6) is 0 Å². The van der Waals surface area contributed by atoms with Gasteiger partial charge in [0.15, 0.2) is 0 Å². The quantitative estimate of drug-likeness (QED) is 0.501. The van der Waals surface area contributed by atoms with Crippen LogP contribution < -0.4 is 4.90 Å². The summed E-state index contributed by atoms with van der Waals surface area (Å²) >= 11 is 10.1. The van der Waals surface area contributed by atoms with Crippen molar-refractivity contribution < 1.29 is 4.79 Å². The Morgan fingerprint density at radius 2 is 1.33 bits per heavy atom. The van der Waals surface area contributed by atoms with E-state index in [9.17, 15) is 4.79 Å². The summed E-state index contributed by atoms with van der Waals surface area (Å²) < 4.78 is 0. The van der Waals surface area contributed by atoms with Crippen LogP contribution >= 0.6 is 23.2 Å². The molecule has 0 aliphatic rings. The van der Waals surface area contributed by atoms with E-state index in [1.807, 2.05) is 31.1 Å². The molecule has 0 aliphatic heterocycles. The Bertz CT molecular complexity index is 406. The molecule has 0 atom stereocenters. The van der Waals surface area contributed by atoms with Gasteiger partial charge < -0.3 is 9.80 Å². The Hall–Kier alpha value is -1.04. The summed E-state index contributed by atoms with van der Waals surface area (Å²) in [6.45, 7) is 12.3. The number of rotatable bonds is 6. The van der Waals surface area contributed by atoms with Crippen molar-refractivity contribution in [2.45, 2.75) is 46.7 Å². The third-order valence-corrected chi connectivity index (χ3v) is 3.72. The molecule has 5 nitrogen and oxygen atoms in total. The summed E-state index contributed by atoms with van der Waals surface area (Å²) in [4.78, 5) is 19.3. The fourth-order valence-corrected chi connectivity index (χ4v) is 1.97. The van der Waals surface area contributed by atoms with Gasteiger partial charge in [-0.2, -0.15) is 0 Å². The minimum atomic E-state index is 0.557. The first-order valence-corrected chi connectivity index (χ1v) is 10.2. The van der Waals surface area contributed by atoms with Crippen LogP contribution in [0.15, 0.2) is 24.5 Å². The molecule has 0 aliphatic carbocycles. The minimum Gasteiger partial charge on any atom is -0.378 e. The van der Waals surface area contributed by atoms with Gasteiger partial charge in [-0.05, 0) is 46.4 Å². The van der Waals surface area contributed by atoms with Crippen molar-refractivity contribution in [2.24, 2.45) is 0 Å². The first-order valence-electron chi connectivity index (χ1n) is 9.15. The maximum absolute atomic E-state index is 9.43. The van der Waals surface area contributed by atoms with Gasteiger partial charge in [-0.1, -0.05) is 6.92 Å². The fraction of sp³-hybridized carbons (Fsp3) is 0.700. The van der Waals surface area contributed by atoms with Crippen molar-refractivity contribution in [1.29, 1.82) is 0 Å². The van der Waals surface area contributed by atoms with E-state index >= 15 is 0 Å². The number of hydrogen-bond acceptors (Lipinski definition) is 4. The summed E-state index contributed by atoms with van der Waals surface area (Å²) in [5, 5.41) is 0. The second-order valence-corrected chi connectivity index (χ2v) is 7.32. The van der Waals surface area contributed by atoms with Gasteiger partial charge in [0.05, 0.1) is 0 Å². The molecule has 1 amide bonds. The maximum atomic E-state index is 9.43. The molecule has 0 spiro atoms. The molecule has 0 fully saturated rings. The zero-order valence-electron chi connectivity index (χ0n) is 18.6. The zero-order chi connectivity index (χ0) is 21.8. The van der Waals surface area contributed by atoms with Crippen LogP contribution in [0.2, 0.25) is 0 Å². The van der Waals surface area contributed by atoms with E-state index in [2.05, 4.69) is 44.5 Å². The molecule has 0 radical (unpaired) electrons. The number of anilines is 1. The van der Waals surface area contributed by atoms with E-state index in [1.54, 1.807) is 26.5 Å². The molecule has 0 saturated carbocycles. The highest BCUT2D eigenvalue weighted by Gasteiger charge is 2.08. The number of pyridine rings is 1. The first-order chi connectivity index (χ1) is 12.6. The number of carbonyl (C=O) groups excluding carboxylic acids is 1. The normalized spacial score (nSPS) is 9.41. The Kier molecular flexibility index (Phi) is 24.2. The second-order valence-electron chi connectivity index (χ2n) is 6.56. The monoisotopic (exact) mass is 422 g/mol. The van der Waals surface area contributed by atoms with Crippen molar-refractivity contribution in [3.8, 4) is 0 Å². The van der Waals surface area contributed by atoms with E-state index in [-0.39, 0.29) is 0 Å². The number of alkyl halides is 2. The average Bonchev–Trinajstić information content (AvgIpc) is 2.63. The molecule has 1 heterocycles. The van der Waals surface area contributed by atoms with Crippen LogP contribution in [0.25, 0.3) is 0 Å². The summed E-state index contributed by atoms with van der Waals surface area (Å²) in [6.07, 6.45) is 4.32. The first kappa shape index (κ1) is 30.7. The van der Waals surface area contributed by atoms with E-state index < -0.39 is 0 Å². The Balaban J connectivity index is -0.000000302. The third-order valence-electron chi connectivity index (χ3n) is 3.15. The van der Waals surface area contributed by atoms with Gasteiger partial charge in [-0.15, -0.1) is 23.2 Å². The molecule has 7 heteroatoms. The summed E-state index contributed by atoms with van der Waals surface area (Å²) in [5.74, 6) is 1.11. The maximum Gasteiger partial charge on any atom is 0.209 e.